The first-order valence-corrected chi connectivity index (χ1v) is 22.7. The van der Waals surface area contributed by atoms with E-state index in [1.807, 2.05) is 62.4 Å². The van der Waals surface area contributed by atoms with E-state index in [9.17, 15) is 30.3 Å². The van der Waals surface area contributed by atoms with Crippen LogP contribution in [0.15, 0.2) is 97.3 Å². The number of aliphatic hydroxyl groups excluding tert-OH is 2. The Morgan fingerprint density at radius 3 is 1.37 bits per heavy atom. The number of carboxylic acid groups (broad SMARTS) is 2. The zero-order valence-corrected chi connectivity index (χ0v) is 39.8. The monoisotopic (exact) mass is 988 g/mol. The molecule has 18 heteroatoms. The summed E-state index contributed by atoms with van der Waals surface area (Å²) >= 11 is 13.6. The molecule has 362 valence electrons. The molecule has 0 aliphatic rings. The van der Waals surface area contributed by atoms with Crippen LogP contribution in [0.25, 0.3) is 11.1 Å². The number of aliphatic carboxylic acids is 2. The summed E-state index contributed by atoms with van der Waals surface area (Å²) in [7, 11) is 0. The van der Waals surface area contributed by atoms with Crippen molar-refractivity contribution in [3.63, 3.8) is 0 Å². The van der Waals surface area contributed by atoms with Crippen molar-refractivity contribution in [3.05, 3.63) is 163 Å². The number of halogens is 2. The molecule has 2 aromatic heterocycles. The van der Waals surface area contributed by atoms with Gasteiger partial charge in [0.2, 0.25) is 0 Å². The van der Waals surface area contributed by atoms with Gasteiger partial charge in [-0.25, -0.2) is 9.97 Å². The summed E-state index contributed by atoms with van der Waals surface area (Å²) in [5.74, 6) is -0.654. The molecule has 0 aliphatic carbocycles. The summed E-state index contributed by atoms with van der Waals surface area (Å²) in [6, 6.07) is 29.4. The van der Waals surface area contributed by atoms with Crippen LogP contribution in [0.3, 0.4) is 0 Å². The molecule has 0 bridgehead atoms. The molecule has 6 aromatic rings. The average Bonchev–Trinajstić information content (AvgIpc) is 3.33. The van der Waals surface area contributed by atoms with Gasteiger partial charge < -0.3 is 50.0 Å². The Labute approximate surface area is 414 Å². The van der Waals surface area contributed by atoms with Gasteiger partial charge in [-0.3, -0.25) is 9.59 Å². The molecule has 0 fully saturated rings. The van der Waals surface area contributed by atoms with Gasteiger partial charge in [0.15, 0.2) is 0 Å². The number of nitriles is 2. The fourth-order valence-corrected chi connectivity index (χ4v) is 7.84. The van der Waals surface area contributed by atoms with Crippen LogP contribution < -0.4 is 29.6 Å². The van der Waals surface area contributed by atoms with Crippen LogP contribution >= 0.6 is 23.2 Å². The highest BCUT2D eigenvalue weighted by Gasteiger charge is 2.18. The molecular weight excluding hydrogens is 940 g/mol. The molecule has 2 atom stereocenters. The second kappa shape index (κ2) is 25.4. The van der Waals surface area contributed by atoms with E-state index in [1.165, 1.54) is 12.4 Å². The molecule has 0 radical (unpaired) electrons. The Morgan fingerprint density at radius 1 is 0.586 bits per heavy atom. The number of pyridine rings is 2. The minimum atomic E-state index is -1.11. The second-order valence-electron chi connectivity index (χ2n) is 16.2. The molecule has 0 unspecified atom stereocenters. The number of nitrogens with one attached hydrogen (secondary N) is 2. The lowest BCUT2D eigenvalue weighted by molar-refractivity contribution is -0.140. The maximum absolute atomic E-state index is 11.1. The van der Waals surface area contributed by atoms with Gasteiger partial charge in [-0.2, -0.15) is 10.5 Å². The van der Waals surface area contributed by atoms with Crippen LogP contribution in [0.4, 0.5) is 0 Å². The number of carbonyl (C=O) groups is 2. The molecule has 6 rings (SSSR count). The number of hydrogen-bond acceptors (Lipinski definition) is 14. The lowest BCUT2D eigenvalue weighted by Gasteiger charge is -2.19. The van der Waals surface area contributed by atoms with E-state index >= 15 is 0 Å². The van der Waals surface area contributed by atoms with E-state index < -0.39 is 37.0 Å². The normalized spacial score (nSPS) is 11.8. The van der Waals surface area contributed by atoms with Gasteiger partial charge in [0, 0.05) is 61.8 Å². The van der Waals surface area contributed by atoms with E-state index in [-0.39, 0.29) is 64.0 Å². The van der Waals surface area contributed by atoms with Crippen LogP contribution in [-0.4, -0.2) is 67.6 Å². The smallest absolute Gasteiger partial charge is 0.306 e. The third-order valence-corrected chi connectivity index (χ3v) is 11.6. The molecule has 16 nitrogen and oxygen atoms in total. The SMILES string of the molecule is Cc1c(COc2cc(OCc3ccnc(C#N)c3)c(CNC[C@@H](O)CC(=O)O)cc2Cl)cccc1-c1cccc(COc2cc(OCc3ccnc(C#N)c3)c(CNC[C@@H](O)CC(=O)O)cc2Cl)c1C. The van der Waals surface area contributed by atoms with Gasteiger partial charge in [0.25, 0.3) is 0 Å². The third-order valence-electron chi connectivity index (χ3n) is 11.1. The van der Waals surface area contributed by atoms with E-state index in [2.05, 4.69) is 20.6 Å². The maximum atomic E-state index is 11.1. The Kier molecular flexibility index (Phi) is 18.9. The van der Waals surface area contributed by atoms with Crippen molar-refractivity contribution < 1.29 is 49.0 Å². The number of nitrogens with zero attached hydrogens (tertiary/aromatic N) is 4. The fourth-order valence-electron chi connectivity index (χ4n) is 7.36. The number of ether oxygens (including phenoxy) is 4. The molecule has 70 heavy (non-hydrogen) atoms. The fraction of sp³-hybridized carbons (Fsp3) is 0.269. The average molecular weight is 990 g/mol. The molecule has 4 aromatic carbocycles. The van der Waals surface area contributed by atoms with Crippen LogP contribution in [0.1, 0.15) is 68.7 Å². The molecule has 0 saturated heterocycles. The summed E-state index contributed by atoms with van der Waals surface area (Å²) in [5, 5.41) is 63.7. The van der Waals surface area contributed by atoms with Gasteiger partial charge in [-0.1, -0.05) is 59.6 Å². The molecule has 6 N–H and O–H groups in total. The molecule has 2 heterocycles. The number of aliphatic hydroxyl groups is 2. The summed E-state index contributed by atoms with van der Waals surface area (Å²) < 4.78 is 25.1. The molecular formula is C52H50Cl2N6O10. The van der Waals surface area contributed by atoms with Crippen LogP contribution in [-0.2, 0) is 49.1 Å². The van der Waals surface area contributed by atoms with Crippen molar-refractivity contribution in [1.29, 1.82) is 10.5 Å². The molecule has 0 amide bonds. The number of benzene rings is 4. The van der Waals surface area contributed by atoms with Crippen LogP contribution in [0.2, 0.25) is 10.0 Å². The zero-order valence-electron chi connectivity index (χ0n) is 38.2. The maximum Gasteiger partial charge on any atom is 0.306 e. The van der Waals surface area contributed by atoms with Crippen molar-refractivity contribution in [3.8, 4) is 46.3 Å². The van der Waals surface area contributed by atoms with E-state index in [0.717, 1.165) is 33.4 Å². The highest BCUT2D eigenvalue weighted by molar-refractivity contribution is 6.32. The van der Waals surface area contributed by atoms with E-state index in [4.69, 9.17) is 52.4 Å². The second-order valence-corrected chi connectivity index (χ2v) is 17.0. The first-order chi connectivity index (χ1) is 33.7. The Bertz CT molecular complexity index is 2710. The van der Waals surface area contributed by atoms with Crippen LogP contribution in [0.5, 0.6) is 23.0 Å². The van der Waals surface area contributed by atoms with Gasteiger partial charge in [0.1, 0.15) is 73.0 Å². The zero-order chi connectivity index (χ0) is 50.2. The van der Waals surface area contributed by atoms with Crippen LogP contribution in [0, 0.1) is 36.5 Å². The summed E-state index contributed by atoms with van der Waals surface area (Å²) in [4.78, 5) is 30.1. The highest BCUT2D eigenvalue weighted by atomic mass is 35.5. The van der Waals surface area contributed by atoms with Gasteiger partial charge in [-0.15, -0.1) is 0 Å². The Morgan fingerprint density at radius 2 is 0.986 bits per heavy atom. The first kappa shape index (κ1) is 52.1. The van der Waals surface area contributed by atoms with Crippen molar-refractivity contribution >= 4 is 35.1 Å². The predicted octanol–water partition coefficient (Wildman–Crippen LogP) is 7.98. The number of carboxylic acids is 2. The first-order valence-electron chi connectivity index (χ1n) is 22.0. The molecule has 0 aliphatic heterocycles. The standard InChI is InChI=1S/C52H50Cl2N6O10/c1-31-35(29-69-49-19-47(67-27-33-9-11-59-39(13-33)21-55)37(15-45(49)53)23-57-25-41(61)17-51(63)64)5-3-7-43(31)44-8-4-6-36(32(44)2)30-70-50-20-48(68-28-34-10-12-60-40(14-34)22-56)38(16-46(50)54)24-58-26-42(62)18-52(65)66/h3-16,19-20,41-42,57-58,61-62H,17-18,23-30H2,1-2H3,(H,63,64)(H,65,66)/t41-,42-/m0/s1. The lowest BCUT2D eigenvalue weighted by atomic mass is 9.92. The highest BCUT2D eigenvalue weighted by Crippen LogP contribution is 2.37. The summed E-state index contributed by atoms with van der Waals surface area (Å²) in [6.07, 6.45) is 0.0349. The minimum absolute atomic E-state index is 0.0222. The van der Waals surface area contributed by atoms with Crippen molar-refractivity contribution in [1.82, 2.24) is 20.6 Å². The molecule has 0 spiro atoms. The topological polar surface area (TPSA) is 249 Å². The van der Waals surface area contributed by atoms with Crippen molar-refractivity contribution in [2.75, 3.05) is 13.1 Å². The third kappa shape index (κ3) is 14.9. The largest absolute Gasteiger partial charge is 0.488 e. The van der Waals surface area contributed by atoms with E-state index in [0.29, 0.717) is 55.3 Å². The lowest BCUT2D eigenvalue weighted by Crippen LogP contribution is -2.28. The predicted molar refractivity (Wildman–Crippen MR) is 259 cm³/mol. The van der Waals surface area contributed by atoms with E-state index in [1.54, 1.807) is 48.5 Å². The Balaban J connectivity index is 1.18. The number of hydrogen-bond donors (Lipinski definition) is 6. The van der Waals surface area contributed by atoms with Crippen molar-refractivity contribution in [2.24, 2.45) is 0 Å². The van der Waals surface area contributed by atoms with Gasteiger partial charge >= 0.3 is 11.9 Å². The van der Waals surface area contributed by atoms with Gasteiger partial charge in [0.05, 0.1) is 35.1 Å². The minimum Gasteiger partial charge on any atom is -0.488 e. The quantitative estimate of drug-likeness (QED) is 0.0318. The summed E-state index contributed by atoms with van der Waals surface area (Å²) in [5.41, 5.74) is 8.89. The number of aromatic nitrogens is 2. The van der Waals surface area contributed by atoms with Gasteiger partial charge in [-0.05, 0) is 94.8 Å². The Hall–Kier alpha value is -7.28. The summed E-state index contributed by atoms with van der Waals surface area (Å²) in [6.45, 7) is 5.01. The van der Waals surface area contributed by atoms with Crippen molar-refractivity contribution in [2.45, 2.75) is 78.4 Å². The number of rotatable bonds is 25. The molecule has 0 saturated carbocycles.